The Morgan fingerprint density at radius 3 is 2.31 bits per heavy atom. The normalized spacial score (nSPS) is 13.9. The van der Waals surface area contributed by atoms with Crippen molar-refractivity contribution in [3.63, 3.8) is 0 Å². The molecule has 0 radical (unpaired) electrons. The Hall–Kier alpha value is -0.0900. The molecule has 16 heavy (non-hydrogen) atoms. The fourth-order valence-electron chi connectivity index (χ4n) is 1.47. The highest BCUT2D eigenvalue weighted by Crippen LogP contribution is 2.05. The SMILES string of the molecule is CCCCCCNCCS(=O)(=O)C(C)CC. The second kappa shape index (κ2) is 8.99. The lowest BCUT2D eigenvalue weighted by Crippen LogP contribution is -2.28. The molecule has 0 aromatic carbocycles. The molecule has 98 valence electrons. The molecule has 0 aliphatic rings. The second-order valence-corrected chi connectivity index (χ2v) is 6.94. The van der Waals surface area contributed by atoms with Crippen molar-refractivity contribution in [2.45, 2.75) is 58.1 Å². The van der Waals surface area contributed by atoms with Crippen molar-refractivity contribution in [3.8, 4) is 0 Å². The van der Waals surface area contributed by atoms with Crippen LogP contribution >= 0.6 is 0 Å². The van der Waals surface area contributed by atoms with E-state index in [-0.39, 0.29) is 11.0 Å². The lowest BCUT2D eigenvalue weighted by molar-refractivity contribution is 0.571. The molecule has 1 N–H and O–H groups in total. The highest BCUT2D eigenvalue weighted by molar-refractivity contribution is 7.92. The van der Waals surface area contributed by atoms with Crippen molar-refractivity contribution in [3.05, 3.63) is 0 Å². The van der Waals surface area contributed by atoms with Gasteiger partial charge in [-0.25, -0.2) is 8.42 Å². The van der Waals surface area contributed by atoms with Crippen molar-refractivity contribution in [2.24, 2.45) is 0 Å². The number of hydrogen-bond acceptors (Lipinski definition) is 3. The number of unbranched alkanes of at least 4 members (excludes halogenated alkanes) is 3. The zero-order valence-corrected chi connectivity index (χ0v) is 11.8. The van der Waals surface area contributed by atoms with E-state index in [1.807, 2.05) is 6.92 Å². The first-order valence-electron chi connectivity index (χ1n) is 6.46. The molecule has 0 rings (SSSR count). The van der Waals surface area contributed by atoms with Crippen LogP contribution in [0.3, 0.4) is 0 Å². The Labute approximate surface area is 101 Å². The number of sulfone groups is 1. The van der Waals surface area contributed by atoms with Gasteiger partial charge >= 0.3 is 0 Å². The van der Waals surface area contributed by atoms with Gasteiger partial charge in [0.1, 0.15) is 0 Å². The molecule has 0 fully saturated rings. The number of nitrogens with one attached hydrogen (secondary N) is 1. The maximum absolute atomic E-state index is 11.7. The quantitative estimate of drug-likeness (QED) is 0.605. The average Bonchev–Trinajstić information content (AvgIpc) is 2.26. The van der Waals surface area contributed by atoms with E-state index in [1.165, 1.54) is 19.3 Å². The largest absolute Gasteiger partial charge is 0.316 e. The van der Waals surface area contributed by atoms with E-state index in [2.05, 4.69) is 12.2 Å². The summed E-state index contributed by atoms with van der Waals surface area (Å²) in [7, 11) is -2.87. The van der Waals surface area contributed by atoms with Crippen LogP contribution in [-0.2, 0) is 9.84 Å². The van der Waals surface area contributed by atoms with Crippen LogP contribution in [0.15, 0.2) is 0 Å². The Kier molecular flexibility index (Phi) is 8.94. The van der Waals surface area contributed by atoms with E-state index in [0.29, 0.717) is 13.0 Å². The Morgan fingerprint density at radius 1 is 1.06 bits per heavy atom. The molecular formula is C12H27NO2S. The van der Waals surface area contributed by atoms with E-state index < -0.39 is 9.84 Å². The van der Waals surface area contributed by atoms with E-state index in [4.69, 9.17) is 0 Å². The zero-order valence-electron chi connectivity index (χ0n) is 11.0. The van der Waals surface area contributed by atoms with E-state index >= 15 is 0 Å². The van der Waals surface area contributed by atoms with Crippen LogP contribution in [0.4, 0.5) is 0 Å². The maximum atomic E-state index is 11.7. The third-order valence-corrected chi connectivity index (χ3v) is 5.29. The molecule has 4 heteroatoms. The standard InChI is InChI=1S/C12H27NO2S/c1-4-6-7-8-9-13-10-11-16(14,15)12(3)5-2/h12-13H,4-11H2,1-3H3. The van der Waals surface area contributed by atoms with Crippen molar-refractivity contribution in [1.82, 2.24) is 5.32 Å². The Morgan fingerprint density at radius 2 is 1.75 bits per heavy atom. The summed E-state index contributed by atoms with van der Waals surface area (Å²) in [6.07, 6.45) is 5.60. The first kappa shape index (κ1) is 15.9. The van der Waals surface area contributed by atoms with Gasteiger partial charge in [0.25, 0.3) is 0 Å². The molecule has 3 nitrogen and oxygen atoms in total. The van der Waals surface area contributed by atoms with Crippen LogP contribution in [0.1, 0.15) is 52.9 Å². The maximum Gasteiger partial charge on any atom is 0.154 e. The van der Waals surface area contributed by atoms with Gasteiger partial charge in [0.15, 0.2) is 9.84 Å². The fraction of sp³-hybridized carbons (Fsp3) is 1.00. The van der Waals surface area contributed by atoms with Gasteiger partial charge in [-0.2, -0.15) is 0 Å². The Balaban J connectivity index is 3.51. The van der Waals surface area contributed by atoms with Gasteiger partial charge in [-0.1, -0.05) is 33.1 Å². The summed E-state index contributed by atoms with van der Waals surface area (Å²) in [6.45, 7) is 7.43. The molecule has 1 atom stereocenters. The van der Waals surface area contributed by atoms with Gasteiger partial charge in [-0.05, 0) is 26.3 Å². The third kappa shape index (κ3) is 7.23. The van der Waals surface area contributed by atoms with Crippen molar-refractivity contribution in [2.75, 3.05) is 18.8 Å². The number of rotatable bonds is 10. The van der Waals surface area contributed by atoms with Crippen LogP contribution in [-0.4, -0.2) is 32.5 Å². The number of hydrogen-bond donors (Lipinski definition) is 1. The summed E-state index contributed by atoms with van der Waals surface area (Å²) >= 11 is 0. The Bertz CT molecular complexity index is 250. The summed E-state index contributed by atoms with van der Waals surface area (Å²) in [4.78, 5) is 0. The van der Waals surface area contributed by atoms with Crippen LogP contribution in [0.5, 0.6) is 0 Å². The molecule has 0 aromatic heterocycles. The molecule has 0 saturated carbocycles. The molecule has 0 saturated heterocycles. The molecular weight excluding hydrogens is 222 g/mol. The van der Waals surface area contributed by atoms with E-state index in [1.54, 1.807) is 6.92 Å². The van der Waals surface area contributed by atoms with Crippen molar-refractivity contribution in [1.29, 1.82) is 0 Å². The fourth-order valence-corrected chi connectivity index (χ4v) is 2.81. The van der Waals surface area contributed by atoms with Gasteiger partial charge in [-0.3, -0.25) is 0 Å². The average molecular weight is 249 g/mol. The van der Waals surface area contributed by atoms with Crippen molar-refractivity contribution >= 4 is 9.84 Å². The van der Waals surface area contributed by atoms with E-state index in [9.17, 15) is 8.42 Å². The molecule has 0 aliphatic carbocycles. The first-order valence-corrected chi connectivity index (χ1v) is 8.18. The minimum atomic E-state index is -2.87. The van der Waals surface area contributed by atoms with Gasteiger partial charge in [0.05, 0.1) is 11.0 Å². The first-order chi connectivity index (χ1) is 7.54. The van der Waals surface area contributed by atoms with E-state index in [0.717, 1.165) is 13.0 Å². The smallest absolute Gasteiger partial charge is 0.154 e. The molecule has 0 spiro atoms. The molecule has 0 heterocycles. The second-order valence-electron chi connectivity index (χ2n) is 4.40. The topological polar surface area (TPSA) is 46.2 Å². The van der Waals surface area contributed by atoms with Crippen LogP contribution < -0.4 is 5.32 Å². The highest BCUT2D eigenvalue weighted by Gasteiger charge is 2.17. The predicted octanol–water partition coefficient (Wildman–Crippen LogP) is 2.37. The predicted molar refractivity (Wildman–Crippen MR) is 70.6 cm³/mol. The van der Waals surface area contributed by atoms with Crippen molar-refractivity contribution < 1.29 is 8.42 Å². The van der Waals surface area contributed by atoms with Gasteiger partial charge < -0.3 is 5.32 Å². The van der Waals surface area contributed by atoms with Crippen LogP contribution in [0.2, 0.25) is 0 Å². The minimum Gasteiger partial charge on any atom is -0.316 e. The highest BCUT2D eigenvalue weighted by atomic mass is 32.2. The molecule has 0 aliphatic heterocycles. The van der Waals surface area contributed by atoms with Gasteiger partial charge in [0.2, 0.25) is 0 Å². The summed E-state index contributed by atoms with van der Waals surface area (Å²) in [5, 5.41) is 3.00. The van der Waals surface area contributed by atoms with Crippen LogP contribution in [0.25, 0.3) is 0 Å². The monoisotopic (exact) mass is 249 g/mol. The lowest BCUT2D eigenvalue weighted by atomic mass is 10.2. The summed E-state index contributed by atoms with van der Waals surface area (Å²) in [5.74, 6) is 0.274. The van der Waals surface area contributed by atoms with Gasteiger partial charge in [-0.15, -0.1) is 0 Å². The molecule has 0 amide bonds. The van der Waals surface area contributed by atoms with Crippen LogP contribution in [0, 0.1) is 0 Å². The lowest BCUT2D eigenvalue weighted by Gasteiger charge is -2.10. The summed E-state index contributed by atoms with van der Waals surface area (Å²) in [6, 6.07) is 0. The summed E-state index contributed by atoms with van der Waals surface area (Å²) in [5.41, 5.74) is 0. The van der Waals surface area contributed by atoms with Gasteiger partial charge in [0, 0.05) is 6.54 Å². The zero-order chi connectivity index (χ0) is 12.4. The minimum absolute atomic E-state index is 0.200. The molecule has 1 unspecified atom stereocenters. The molecule has 0 aromatic rings. The molecule has 0 bridgehead atoms. The summed E-state index contributed by atoms with van der Waals surface area (Å²) < 4.78 is 23.3. The third-order valence-electron chi connectivity index (χ3n) is 2.96.